The molecule has 0 amide bonds. The van der Waals surface area contributed by atoms with Crippen LogP contribution >= 0.6 is 0 Å². The average Bonchev–Trinajstić information content (AvgIpc) is 3.59. The van der Waals surface area contributed by atoms with E-state index in [0.29, 0.717) is 0 Å². The highest BCUT2D eigenvalue weighted by Crippen LogP contribution is 2.40. The van der Waals surface area contributed by atoms with Crippen LogP contribution in [0.25, 0.3) is 44.2 Å². The zero-order chi connectivity index (χ0) is 34.0. The van der Waals surface area contributed by atoms with Crippen molar-refractivity contribution in [2.75, 3.05) is 9.80 Å². The Morgan fingerprint density at radius 1 is 0.275 bits per heavy atom. The number of nitrogens with zero attached hydrogens (tertiary/aromatic N) is 2. The van der Waals surface area contributed by atoms with E-state index in [4.69, 9.17) is 4.42 Å². The van der Waals surface area contributed by atoms with E-state index in [2.05, 4.69) is 204 Å². The summed E-state index contributed by atoms with van der Waals surface area (Å²) in [5.41, 5.74) is 13.0. The maximum atomic E-state index is 6.35. The maximum absolute atomic E-state index is 6.35. The molecule has 8 aromatic carbocycles. The molecule has 0 spiro atoms. The lowest BCUT2D eigenvalue weighted by atomic mass is 10.0. The molecular weight excluding hydrogens is 621 g/mol. The van der Waals surface area contributed by atoms with Crippen molar-refractivity contribution in [3.63, 3.8) is 0 Å². The largest absolute Gasteiger partial charge is 0.455 e. The number of hydrogen-bond donors (Lipinski definition) is 0. The lowest BCUT2D eigenvalue weighted by Crippen LogP contribution is -2.09. The maximum Gasteiger partial charge on any atom is 0.143 e. The first kappa shape index (κ1) is 30.2. The number of hydrogen-bond acceptors (Lipinski definition) is 3. The molecule has 0 saturated heterocycles. The van der Waals surface area contributed by atoms with Crippen LogP contribution in [0.4, 0.5) is 34.1 Å². The molecule has 1 aromatic heterocycles. The molecule has 0 atom stereocenters. The number of para-hydroxylation sites is 5. The summed E-state index contributed by atoms with van der Waals surface area (Å²) in [6.45, 7) is 0. The molecule has 51 heavy (non-hydrogen) atoms. The Morgan fingerprint density at radius 2 is 0.647 bits per heavy atom. The monoisotopic (exact) mass is 654 g/mol. The number of fused-ring (bicyclic) bond motifs is 3. The van der Waals surface area contributed by atoms with E-state index in [1.807, 2.05) is 12.1 Å². The van der Waals surface area contributed by atoms with Gasteiger partial charge < -0.3 is 14.2 Å². The fourth-order valence-corrected chi connectivity index (χ4v) is 7.00. The summed E-state index contributed by atoms with van der Waals surface area (Å²) in [6, 6.07) is 72.6. The third-order valence-electron chi connectivity index (χ3n) is 9.47. The van der Waals surface area contributed by atoms with Crippen molar-refractivity contribution in [1.29, 1.82) is 0 Å². The van der Waals surface area contributed by atoms with Gasteiger partial charge in [0.15, 0.2) is 0 Å². The zero-order valence-electron chi connectivity index (χ0n) is 27.9. The van der Waals surface area contributed by atoms with Crippen molar-refractivity contribution < 1.29 is 4.42 Å². The van der Waals surface area contributed by atoms with E-state index in [9.17, 15) is 0 Å². The van der Waals surface area contributed by atoms with Gasteiger partial charge in [-0.25, -0.2) is 0 Å². The van der Waals surface area contributed by atoms with Gasteiger partial charge in [0.25, 0.3) is 0 Å². The van der Waals surface area contributed by atoms with Crippen LogP contribution in [0, 0.1) is 0 Å². The normalized spacial score (nSPS) is 11.1. The molecule has 9 aromatic rings. The van der Waals surface area contributed by atoms with Gasteiger partial charge in [0.1, 0.15) is 11.2 Å². The van der Waals surface area contributed by atoms with Crippen LogP contribution in [0.3, 0.4) is 0 Å². The first-order valence-electron chi connectivity index (χ1n) is 17.3. The summed E-state index contributed by atoms with van der Waals surface area (Å²) >= 11 is 0. The second kappa shape index (κ2) is 13.2. The summed E-state index contributed by atoms with van der Waals surface area (Å²) in [5, 5.41) is 2.28. The van der Waals surface area contributed by atoms with Gasteiger partial charge >= 0.3 is 0 Å². The van der Waals surface area contributed by atoms with Crippen LogP contribution in [0.5, 0.6) is 0 Å². The Bertz CT molecular complexity index is 2500. The van der Waals surface area contributed by atoms with Gasteiger partial charge in [0, 0.05) is 50.5 Å². The molecule has 3 heteroatoms. The van der Waals surface area contributed by atoms with Crippen molar-refractivity contribution in [2.24, 2.45) is 0 Å². The molecule has 0 unspecified atom stereocenters. The van der Waals surface area contributed by atoms with Gasteiger partial charge in [-0.05, 0) is 95.6 Å². The smallest absolute Gasteiger partial charge is 0.143 e. The standard InChI is InChI=1S/C48H34N2O/c1-4-13-38(14-5-1)49(39-15-6-2-7-16-39)41-29-23-35(24-30-41)36-25-31-42(32-26-36)50(40-17-8-3-9-18-40)43-33-27-37(28-34-43)44-20-12-21-46-45-19-10-11-22-47(45)51-48(44)46/h1-34H. The molecule has 0 N–H and O–H groups in total. The number of rotatable bonds is 8. The first-order valence-corrected chi connectivity index (χ1v) is 17.3. The van der Waals surface area contributed by atoms with Gasteiger partial charge in [-0.2, -0.15) is 0 Å². The second-order valence-electron chi connectivity index (χ2n) is 12.6. The lowest BCUT2D eigenvalue weighted by Gasteiger charge is -2.26. The van der Waals surface area contributed by atoms with E-state index in [1.165, 1.54) is 11.1 Å². The Hall–Kier alpha value is -6.84. The lowest BCUT2D eigenvalue weighted by molar-refractivity contribution is 0.670. The van der Waals surface area contributed by atoms with E-state index in [0.717, 1.165) is 67.2 Å². The first-order chi connectivity index (χ1) is 25.3. The van der Waals surface area contributed by atoms with Crippen LogP contribution in [0.2, 0.25) is 0 Å². The van der Waals surface area contributed by atoms with Crippen LogP contribution in [-0.4, -0.2) is 0 Å². The zero-order valence-corrected chi connectivity index (χ0v) is 27.9. The summed E-state index contributed by atoms with van der Waals surface area (Å²) in [7, 11) is 0. The SMILES string of the molecule is c1ccc(N(c2ccccc2)c2ccc(-c3ccc(N(c4ccccc4)c4ccc(-c5cccc6c5oc5ccccc56)cc4)cc3)cc2)cc1. The molecule has 0 aliphatic heterocycles. The number of anilines is 6. The average molecular weight is 655 g/mol. The van der Waals surface area contributed by atoms with Crippen LogP contribution in [-0.2, 0) is 0 Å². The minimum absolute atomic E-state index is 0.910. The van der Waals surface area contributed by atoms with Gasteiger partial charge in [-0.15, -0.1) is 0 Å². The Labute approximate surface area is 297 Å². The van der Waals surface area contributed by atoms with Gasteiger partial charge in [0.2, 0.25) is 0 Å². The minimum Gasteiger partial charge on any atom is -0.455 e. The molecule has 0 aliphatic rings. The van der Waals surface area contributed by atoms with Crippen molar-refractivity contribution in [3.8, 4) is 22.3 Å². The summed E-state index contributed by atoms with van der Waals surface area (Å²) < 4.78 is 6.35. The molecule has 1 heterocycles. The third-order valence-corrected chi connectivity index (χ3v) is 9.47. The highest BCUT2D eigenvalue weighted by Gasteiger charge is 2.16. The molecule has 242 valence electrons. The second-order valence-corrected chi connectivity index (χ2v) is 12.6. The molecule has 9 rings (SSSR count). The van der Waals surface area contributed by atoms with Gasteiger partial charge in [-0.1, -0.05) is 127 Å². The van der Waals surface area contributed by atoms with Gasteiger partial charge in [-0.3, -0.25) is 0 Å². The summed E-state index contributed by atoms with van der Waals surface area (Å²) in [5.74, 6) is 0. The fraction of sp³-hybridized carbons (Fsp3) is 0. The predicted molar refractivity (Wildman–Crippen MR) is 214 cm³/mol. The quantitative estimate of drug-likeness (QED) is 0.163. The van der Waals surface area contributed by atoms with E-state index in [1.54, 1.807) is 0 Å². The Kier molecular flexibility index (Phi) is 7.84. The number of benzene rings is 8. The van der Waals surface area contributed by atoms with E-state index >= 15 is 0 Å². The van der Waals surface area contributed by atoms with Crippen LogP contribution < -0.4 is 9.80 Å². The third kappa shape index (κ3) is 5.81. The molecule has 3 nitrogen and oxygen atoms in total. The molecule has 0 fully saturated rings. The molecular formula is C48H34N2O. The molecule has 0 bridgehead atoms. The van der Waals surface area contributed by atoms with Crippen LogP contribution in [0.1, 0.15) is 0 Å². The Morgan fingerprint density at radius 3 is 1.12 bits per heavy atom. The van der Waals surface area contributed by atoms with Crippen molar-refractivity contribution >= 4 is 56.1 Å². The highest BCUT2D eigenvalue weighted by atomic mass is 16.3. The summed E-state index contributed by atoms with van der Waals surface area (Å²) in [6.07, 6.45) is 0. The minimum atomic E-state index is 0.910. The molecule has 0 saturated carbocycles. The van der Waals surface area contributed by atoms with E-state index in [-0.39, 0.29) is 0 Å². The van der Waals surface area contributed by atoms with E-state index < -0.39 is 0 Å². The van der Waals surface area contributed by atoms with Crippen molar-refractivity contribution in [3.05, 3.63) is 206 Å². The highest BCUT2D eigenvalue weighted by molar-refractivity contribution is 6.09. The van der Waals surface area contributed by atoms with Gasteiger partial charge in [0.05, 0.1) is 0 Å². The predicted octanol–water partition coefficient (Wildman–Crippen LogP) is 13.9. The van der Waals surface area contributed by atoms with Crippen LogP contribution in [0.15, 0.2) is 211 Å². The summed E-state index contributed by atoms with van der Waals surface area (Å²) in [4.78, 5) is 4.59. The molecule has 0 aliphatic carbocycles. The topological polar surface area (TPSA) is 19.6 Å². The number of furan rings is 1. The fourth-order valence-electron chi connectivity index (χ4n) is 7.00. The van der Waals surface area contributed by atoms with Crippen molar-refractivity contribution in [2.45, 2.75) is 0 Å². The Balaban J connectivity index is 1.02. The van der Waals surface area contributed by atoms with Crippen molar-refractivity contribution in [1.82, 2.24) is 0 Å². The molecule has 0 radical (unpaired) electrons.